The van der Waals surface area contributed by atoms with E-state index >= 15 is 0 Å². The van der Waals surface area contributed by atoms with E-state index in [4.69, 9.17) is 9.47 Å². The zero-order chi connectivity index (χ0) is 15.8. The normalized spacial score (nSPS) is 16.3. The van der Waals surface area contributed by atoms with Crippen LogP contribution in [0.5, 0.6) is 11.5 Å². The Morgan fingerprint density at radius 3 is 2.55 bits per heavy atom. The van der Waals surface area contributed by atoms with Crippen molar-refractivity contribution in [2.75, 3.05) is 19.4 Å². The van der Waals surface area contributed by atoms with Crippen LogP contribution in [-0.4, -0.2) is 36.7 Å². The van der Waals surface area contributed by atoms with Gasteiger partial charge in [-0.15, -0.1) is 0 Å². The third kappa shape index (κ3) is 5.44. The van der Waals surface area contributed by atoms with Crippen LogP contribution in [0.25, 0.3) is 0 Å². The summed E-state index contributed by atoms with van der Waals surface area (Å²) < 4.78 is 10.7. The predicted octanol–water partition coefficient (Wildman–Crippen LogP) is 3.25. The maximum absolute atomic E-state index is 12.0. The average molecular weight is 323 g/mol. The van der Waals surface area contributed by atoms with Crippen molar-refractivity contribution in [3.8, 4) is 11.5 Å². The number of thioether (sulfide) groups is 1. The zero-order valence-electron chi connectivity index (χ0n) is 13.3. The lowest BCUT2D eigenvalue weighted by Crippen LogP contribution is -2.37. The van der Waals surface area contributed by atoms with Gasteiger partial charge in [0.1, 0.15) is 11.5 Å². The fraction of sp³-hybridized carbons (Fsp3) is 0.588. The molecule has 4 nitrogen and oxygen atoms in total. The quantitative estimate of drug-likeness (QED) is 0.746. The number of nitrogens with one attached hydrogen (secondary N) is 1. The molecule has 1 fully saturated rings. The van der Waals surface area contributed by atoms with Crippen molar-refractivity contribution in [1.82, 2.24) is 5.32 Å². The molecule has 0 radical (unpaired) electrons. The molecule has 5 heteroatoms. The highest BCUT2D eigenvalue weighted by molar-refractivity contribution is 7.99. The first-order chi connectivity index (χ1) is 10.7. The molecule has 1 aromatic rings. The third-order valence-electron chi connectivity index (χ3n) is 3.80. The zero-order valence-corrected chi connectivity index (χ0v) is 14.2. The first-order valence-electron chi connectivity index (χ1n) is 7.89. The van der Waals surface area contributed by atoms with Crippen molar-refractivity contribution in [3.05, 3.63) is 24.3 Å². The van der Waals surface area contributed by atoms with Crippen LogP contribution >= 0.6 is 11.8 Å². The number of carbonyl (C=O) groups excluding carboxylic acids is 1. The molecule has 0 unspecified atom stereocenters. The molecule has 0 aliphatic heterocycles. The number of carbonyl (C=O) groups is 1. The van der Waals surface area contributed by atoms with Gasteiger partial charge in [-0.05, 0) is 44.0 Å². The molecule has 1 saturated carbocycles. The second-order valence-electron chi connectivity index (χ2n) is 5.50. The Labute approximate surface area is 137 Å². The molecule has 1 aliphatic carbocycles. The van der Waals surface area contributed by atoms with E-state index in [0.717, 1.165) is 16.8 Å². The van der Waals surface area contributed by atoms with E-state index in [1.165, 1.54) is 25.7 Å². The van der Waals surface area contributed by atoms with Crippen molar-refractivity contribution < 1.29 is 14.3 Å². The molecule has 2 rings (SSSR count). The molecule has 1 aliphatic rings. The monoisotopic (exact) mass is 323 g/mol. The summed E-state index contributed by atoms with van der Waals surface area (Å²) in [6, 6.07) is 7.24. The molecular formula is C17H25NO3S. The lowest BCUT2D eigenvalue weighted by Gasteiger charge is -2.15. The first-order valence-corrected chi connectivity index (χ1v) is 8.94. The van der Waals surface area contributed by atoms with E-state index in [2.05, 4.69) is 5.32 Å². The maximum atomic E-state index is 12.0. The molecule has 0 bridgehead atoms. The molecule has 0 aromatic heterocycles. The molecule has 1 aromatic carbocycles. The van der Waals surface area contributed by atoms with Crippen LogP contribution in [0.1, 0.15) is 32.6 Å². The third-order valence-corrected chi connectivity index (χ3v) is 5.18. The predicted molar refractivity (Wildman–Crippen MR) is 90.8 cm³/mol. The van der Waals surface area contributed by atoms with Crippen molar-refractivity contribution in [3.63, 3.8) is 0 Å². The highest BCUT2D eigenvalue weighted by atomic mass is 32.2. The Hall–Kier alpha value is -1.36. The second kappa shape index (κ2) is 8.93. The molecule has 0 heterocycles. The van der Waals surface area contributed by atoms with Crippen molar-refractivity contribution >= 4 is 17.7 Å². The molecular weight excluding hydrogens is 298 g/mol. The van der Waals surface area contributed by atoms with Gasteiger partial charge in [-0.2, -0.15) is 11.8 Å². The van der Waals surface area contributed by atoms with E-state index in [-0.39, 0.29) is 5.91 Å². The number of amides is 1. The van der Waals surface area contributed by atoms with Gasteiger partial charge in [-0.1, -0.05) is 12.8 Å². The van der Waals surface area contributed by atoms with E-state index in [9.17, 15) is 4.79 Å². The van der Waals surface area contributed by atoms with Crippen LogP contribution in [0.2, 0.25) is 0 Å². The SMILES string of the molecule is COc1ccc(O[C@@H](C)C(=O)NCCSC2CCCC2)cc1. The summed E-state index contributed by atoms with van der Waals surface area (Å²) in [7, 11) is 1.62. The van der Waals surface area contributed by atoms with Crippen molar-refractivity contribution in [2.45, 2.75) is 44.0 Å². The topological polar surface area (TPSA) is 47.6 Å². The molecule has 1 atom stereocenters. The second-order valence-corrected chi connectivity index (χ2v) is 6.91. The average Bonchev–Trinajstić information content (AvgIpc) is 3.05. The van der Waals surface area contributed by atoms with Gasteiger partial charge in [0.25, 0.3) is 5.91 Å². The summed E-state index contributed by atoms with van der Waals surface area (Å²) in [6.07, 6.45) is 4.88. The lowest BCUT2D eigenvalue weighted by atomic mass is 10.3. The molecule has 0 saturated heterocycles. The van der Waals surface area contributed by atoms with Crippen LogP contribution < -0.4 is 14.8 Å². The van der Waals surface area contributed by atoms with Gasteiger partial charge in [0.15, 0.2) is 6.10 Å². The van der Waals surface area contributed by atoms with Crippen LogP contribution in [0, 0.1) is 0 Å². The van der Waals surface area contributed by atoms with Gasteiger partial charge in [0.2, 0.25) is 0 Å². The minimum absolute atomic E-state index is 0.0668. The summed E-state index contributed by atoms with van der Waals surface area (Å²) in [5, 5.41) is 3.74. The molecule has 22 heavy (non-hydrogen) atoms. The summed E-state index contributed by atoms with van der Waals surface area (Å²) >= 11 is 1.98. The fourth-order valence-electron chi connectivity index (χ4n) is 2.51. The molecule has 1 N–H and O–H groups in total. The molecule has 122 valence electrons. The highest BCUT2D eigenvalue weighted by Gasteiger charge is 2.16. The van der Waals surface area contributed by atoms with Crippen molar-refractivity contribution in [2.24, 2.45) is 0 Å². The van der Waals surface area contributed by atoms with Crippen LogP contribution in [-0.2, 0) is 4.79 Å². The van der Waals surface area contributed by atoms with Gasteiger partial charge in [0, 0.05) is 17.5 Å². The fourth-order valence-corrected chi connectivity index (χ4v) is 3.73. The molecule has 1 amide bonds. The van der Waals surface area contributed by atoms with Crippen molar-refractivity contribution in [1.29, 1.82) is 0 Å². The van der Waals surface area contributed by atoms with Gasteiger partial charge >= 0.3 is 0 Å². The highest BCUT2D eigenvalue weighted by Crippen LogP contribution is 2.28. The summed E-state index contributed by atoms with van der Waals surface area (Å²) in [5.74, 6) is 2.35. The summed E-state index contributed by atoms with van der Waals surface area (Å²) in [4.78, 5) is 12.0. The Kier molecular flexibility index (Phi) is 6.90. The first kappa shape index (κ1) is 17.0. The van der Waals surface area contributed by atoms with E-state index in [0.29, 0.717) is 12.3 Å². The number of hydrogen-bond acceptors (Lipinski definition) is 4. The van der Waals surface area contributed by atoms with E-state index in [1.807, 2.05) is 23.9 Å². The Morgan fingerprint density at radius 2 is 1.91 bits per heavy atom. The summed E-state index contributed by atoms with van der Waals surface area (Å²) in [5.41, 5.74) is 0. The lowest BCUT2D eigenvalue weighted by molar-refractivity contribution is -0.127. The minimum atomic E-state index is -0.495. The Bertz CT molecular complexity index is 457. The number of rotatable bonds is 8. The Morgan fingerprint density at radius 1 is 1.27 bits per heavy atom. The van der Waals surface area contributed by atoms with E-state index in [1.54, 1.807) is 26.2 Å². The molecule has 0 spiro atoms. The maximum Gasteiger partial charge on any atom is 0.260 e. The minimum Gasteiger partial charge on any atom is -0.497 e. The van der Waals surface area contributed by atoms with E-state index < -0.39 is 6.10 Å². The van der Waals surface area contributed by atoms with Crippen LogP contribution in [0.3, 0.4) is 0 Å². The van der Waals surface area contributed by atoms with Gasteiger partial charge in [-0.25, -0.2) is 0 Å². The summed E-state index contributed by atoms with van der Waals surface area (Å²) in [6.45, 7) is 2.47. The Balaban J connectivity index is 1.65. The van der Waals surface area contributed by atoms with Crippen LogP contribution in [0.4, 0.5) is 0 Å². The standard InChI is InChI=1S/C17H25NO3S/c1-13(21-15-9-7-14(20-2)8-10-15)17(19)18-11-12-22-16-5-3-4-6-16/h7-10,13,16H,3-6,11-12H2,1-2H3,(H,18,19)/t13-/m0/s1. The number of methoxy groups -OCH3 is 1. The van der Waals surface area contributed by atoms with Gasteiger partial charge in [-0.3, -0.25) is 4.79 Å². The smallest absolute Gasteiger partial charge is 0.260 e. The number of benzene rings is 1. The van der Waals surface area contributed by atoms with Crippen LogP contribution in [0.15, 0.2) is 24.3 Å². The number of ether oxygens (including phenoxy) is 2. The largest absolute Gasteiger partial charge is 0.497 e. The van der Waals surface area contributed by atoms with Gasteiger partial charge < -0.3 is 14.8 Å². The number of hydrogen-bond donors (Lipinski definition) is 1. The van der Waals surface area contributed by atoms with Gasteiger partial charge in [0.05, 0.1) is 7.11 Å².